The number of anilines is 1. The van der Waals surface area contributed by atoms with E-state index in [-0.39, 0.29) is 0 Å². The smallest absolute Gasteiger partial charge is 0.247 e. The molecule has 0 fully saturated rings. The third kappa shape index (κ3) is 2.93. The minimum Gasteiger partial charge on any atom is -0.322 e. The van der Waals surface area contributed by atoms with Crippen molar-refractivity contribution in [3.8, 4) is 0 Å². The lowest BCUT2D eigenvalue weighted by molar-refractivity contribution is -0.116. The zero-order valence-electron chi connectivity index (χ0n) is 10.0. The number of benzene rings is 2. The van der Waals surface area contributed by atoms with Gasteiger partial charge in [-0.15, -0.1) is 11.6 Å². The monoisotopic (exact) mass is 299 g/mol. The van der Waals surface area contributed by atoms with Crippen molar-refractivity contribution in [3.05, 3.63) is 65.5 Å². The van der Waals surface area contributed by atoms with Crippen molar-refractivity contribution in [2.75, 3.05) is 5.32 Å². The van der Waals surface area contributed by atoms with Crippen molar-refractivity contribution in [2.45, 2.75) is 5.38 Å². The number of halogens is 4. The molecule has 104 valence electrons. The molecule has 2 rings (SSSR count). The average molecular weight is 300 g/mol. The first-order valence-corrected chi connectivity index (χ1v) is 6.07. The van der Waals surface area contributed by atoms with Crippen LogP contribution >= 0.6 is 11.6 Å². The molecule has 0 saturated heterocycles. The van der Waals surface area contributed by atoms with Gasteiger partial charge in [-0.25, -0.2) is 13.2 Å². The Balaban J connectivity index is 2.18. The fourth-order valence-electron chi connectivity index (χ4n) is 1.59. The second-order valence-electron chi connectivity index (χ2n) is 3.99. The summed E-state index contributed by atoms with van der Waals surface area (Å²) in [6.45, 7) is 0. The molecule has 0 aliphatic heterocycles. The Labute approximate surface area is 118 Å². The Morgan fingerprint density at radius 1 is 1.00 bits per heavy atom. The molecule has 2 nitrogen and oxygen atoms in total. The molecule has 20 heavy (non-hydrogen) atoms. The van der Waals surface area contributed by atoms with Crippen LogP contribution in [0.25, 0.3) is 0 Å². The van der Waals surface area contributed by atoms with Crippen LogP contribution in [-0.2, 0) is 4.79 Å². The Morgan fingerprint density at radius 3 is 2.30 bits per heavy atom. The Hall–Kier alpha value is -2.01. The van der Waals surface area contributed by atoms with Crippen LogP contribution in [0.5, 0.6) is 0 Å². The number of alkyl halides is 1. The topological polar surface area (TPSA) is 29.1 Å². The number of nitrogens with one attached hydrogen (secondary N) is 1. The van der Waals surface area contributed by atoms with E-state index in [2.05, 4.69) is 5.32 Å². The van der Waals surface area contributed by atoms with Gasteiger partial charge in [-0.3, -0.25) is 4.79 Å². The van der Waals surface area contributed by atoms with E-state index in [1.807, 2.05) is 0 Å². The summed E-state index contributed by atoms with van der Waals surface area (Å²) in [6.07, 6.45) is 0. The zero-order valence-corrected chi connectivity index (χ0v) is 10.8. The fourth-order valence-corrected chi connectivity index (χ4v) is 1.79. The van der Waals surface area contributed by atoms with Crippen LogP contribution in [0.4, 0.5) is 18.9 Å². The van der Waals surface area contributed by atoms with Gasteiger partial charge in [0, 0.05) is 0 Å². The zero-order chi connectivity index (χ0) is 14.7. The summed E-state index contributed by atoms with van der Waals surface area (Å²) in [5.41, 5.74) is 0.0464. The van der Waals surface area contributed by atoms with Gasteiger partial charge in [0.25, 0.3) is 0 Å². The standard InChI is InChI=1S/C14H9ClF3NO/c15-11(8-4-2-1-3-5-8)14(20)19-10-7-6-9(16)12(17)13(10)18/h1-7,11H,(H,19,20). The second-order valence-corrected chi connectivity index (χ2v) is 4.42. The Kier molecular flexibility index (Phi) is 4.29. The maximum absolute atomic E-state index is 13.4. The first-order chi connectivity index (χ1) is 9.50. The number of hydrogen-bond donors (Lipinski definition) is 1. The molecule has 1 unspecified atom stereocenters. The number of amides is 1. The lowest BCUT2D eigenvalue weighted by Gasteiger charge is -2.11. The minimum absolute atomic E-state index is 0.463. The molecule has 2 aromatic carbocycles. The highest BCUT2D eigenvalue weighted by atomic mass is 35.5. The van der Waals surface area contributed by atoms with Crippen molar-refractivity contribution in [2.24, 2.45) is 0 Å². The van der Waals surface area contributed by atoms with E-state index in [0.717, 1.165) is 12.1 Å². The van der Waals surface area contributed by atoms with Crippen molar-refractivity contribution < 1.29 is 18.0 Å². The Morgan fingerprint density at radius 2 is 1.65 bits per heavy atom. The lowest BCUT2D eigenvalue weighted by Crippen LogP contribution is -2.18. The van der Waals surface area contributed by atoms with Gasteiger partial charge in [0.15, 0.2) is 17.5 Å². The van der Waals surface area contributed by atoms with Gasteiger partial charge in [-0.1, -0.05) is 30.3 Å². The van der Waals surface area contributed by atoms with Gasteiger partial charge in [0.05, 0.1) is 5.69 Å². The molecule has 0 radical (unpaired) electrons. The molecule has 0 saturated carbocycles. The van der Waals surface area contributed by atoms with E-state index in [9.17, 15) is 18.0 Å². The van der Waals surface area contributed by atoms with E-state index in [1.165, 1.54) is 0 Å². The molecular weight excluding hydrogens is 291 g/mol. The number of carbonyl (C=O) groups is 1. The van der Waals surface area contributed by atoms with Crippen LogP contribution in [0.15, 0.2) is 42.5 Å². The molecule has 0 bridgehead atoms. The highest BCUT2D eigenvalue weighted by Gasteiger charge is 2.20. The SMILES string of the molecule is O=C(Nc1ccc(F)c(F)c1F)C(Cl)c1ccccc1. The van der Waals surface area contributed by atoms with E-state index in [4.69, 9.17) is 11.6 Å². The van der Waals surface area contributed by atoms with Crippen molar-refractivity contribution in [1.29, 1.82) is 0 Å². The predicted molar refractivity (Wildman–Crippen MR) is 70.0 cm³/mol. The summed E-state index contributed by atoms with van der Waals surface area (Å²) in [5, 5.41) is 1.06. The van der Waals surface area contributed by atoms with Crippen molar-refractivity contribution in [1.82, 2.24) is 0 Å². The van der Waals surface area contributed by atoms with Gasteiger partial charge in [0.2, 0.25) is 5.91 Å². The molecule has 0 aliphatic rings. The maximum Gasteiger partial charge on any atom is 0.247 e. The molecule has 0 aliphatic carbocycles. The normalized spacial score (nSPS) is 12.0. The minimum atomic E-state index is -1.64. The molecule has 1 N–H and O–H groups in total. The third-order valence-electron chi connectivity index (χ3n) is 2.62. The first kappa shape index (κ1) is 14.4. The first-order valence-electron chi connectivity index (χ1n) is 5.64. The summed E-state index contributed by atoms with van der Waals surface area (Å²) < 4.78 is 39.2. The lowest BCUT2D eigenvalue weighted by atomic mass is 10.1. The quantitative estimate of drug-likeness (QED) is 0.673. The maximum atomic E-state index is 13.4. The van der Waals surface area contributed by atoms with E-state index in [0.29, 0.717) is 5.56 Å². The molecule has 1 atom stereocenters. The number of hydrogen-bond acceptors (Lipinski definition) is 1. The molecule has 0 heterocycles. The highest BCUT2D eigenvalue weighted by Crippen LogP contribution is 2.24. The van der Waals surface area contributed by atoms with Crippen LogP contribution in [0.3, 0.4) is 0 Å². The molecule has 6 heteroatoms. The van der Waals surface area contributed by atoms with Gasteiger partial charge >= 0.3 is 0 Å². The summed E-state index contributed by atoms with van der Waals surface area (Å²) in [4.78, 5) is 11.8. The molecular formula is C14H9ClF3NO. The number of rotatable bonds is 3. The van der Waals surface area contributed by atoms with Gasteiger partial charge < -0.3 is 5.32 Å². The van der Waals surface area contributed by atoms with E-state index >= 15 is 0 Å². The molecule has 0 spiro atoms. The second kappa shape index (κ2) is 5.96. The molecule has 0 aromatic heterocycles. The number of carbonyl (C=O) groups excluding carboxylic acids is 1. The van der Waals surface area contributed by atoms with Crippen LogP contribution in [0, 0.1) is 17.5 Å². The van der Waals surface area contributed by atoms with Gasteiger partial charge in [0.1, 0.15) is 5.38 Å². The van der Waals surface area contributed by atoms with Crippen LogP contribution in [0.2, 0.25) is 0 Å². The van der Waals surface area contributed by atoms with Crippen LogP contribution in [0.1, 0.15) is 10.9 Å². The Bertz CT molecular complexity index is 634. The van der Waals surface area contributed by atoms with E-state index < -0.39 is 34.4 Å². The van der Waals surface area contributed by atoms with E-state index in [1.54, 1.807) is 30.3 Å². The largest absolute Gasteiger partial charge is 0.322 e. The third-order valence-corrected chi connectivity index (χ3v) is 3.07. The summed E-state index contributed by atoms with van der Waals surface area (Å²) >= 11 is 5.93. The molecule has 1 amide bonds. The van der Waals surface area contributed by atoms with Crippen LogP contribution < -0.4 is 5.32 Å². The van der Waals surface area contributed by atoms with Crippen molar-refractivity contribution >= 4 is 23.2 Å². The van der Waals surface area contributed by atoms with Gasteiger partial charge in [-0.2, -0.15) is 0 Å². The highest BCUT2D eigenvalue weighted by molar-refractivity contribution is 6.32. The van der Waals surface area contributed by atoms with Crippen molar-refractivity contribution in [3.63, 3.8) is 0 Å². The fraction of sp³-hybridized carbons (Fsp3) is 0.0714. The summed E-state index contributed by atoms with van der Waals surface area (Å²) in [6, 6.07) is 10.0. The summed E-state index contributed by atoms with van der Waals surface area (Å²) in [7, 11) is 0. The van der Waals surface area contributed by atoms with Crippen LogP contribution in [-0.4, -0.2) is 5.91 Å². The summed E-state index contributed by atoms with van der Waals surface area (Å²) in [5.74, 6) is -5.17. The molecule has 2 aromatic rings. The predicted octanol–water partition coefficient (Wildman–Crippen LogP) is 4.02. The van der Waals surface area contributed by atoms with Gasteiger partial charge in [-0.05, 0) is 17.7 Å². The average Bonchev–Trinajstić information content (AvgIpc) is 2.48.